The fraction of sp³-hybridized carbons (Fsp3) is 0.188. The number of aromatic nitrogens is 1. The molecule has 2 rings (SSSR count). The van der Waals surface area contributed by atoms with Gasteiger partial charge in [-0.05, 0) is 36.8 Å². The summed E-state index contributed by atoms with van der Waals surface area (Å²) in [4.78, 5) is 16.2. The van der Waals surface area contributed by atoms with Gasteiger partial charge in [-0.3, -0.25) is 4.79 Å². The lowest BCUT2D eigenvalue weighted by molar-refractivity contribution is -0.113. The van der Waals surface area contributed by atoms with E-state index in [-0.39, 0.29) is 11.7 Å². The van der Waals surface area contributed by atoms with Crippen molar-refractivity contribution in [2.75, 3.05) is 18.2 Å². The van der Waals surface area contributed by atoms with E-state index in [2.05, 4.69) is 16.4 Å². The first kappa shape index (κ1) is 15.9. The van der Waals surface area contributed by atoms with Gasteiger partial charge < -0.3 is 10.1 Å². The summed E-state index contributed by atoms with van der Waals surface area (Å²) in [6.07, 6.45) is 1.60. The molecule has 112 valence electrons. The largest absolute Gasteiger partial charge is 0.495 e. The van der Waals surface area contributed by atoms with Gasteiger partial charge in [0.05, 0.1) is 24.1 Å². The number of carbonyl (C=O) groups is 1. The molecule has 0 aliphatic carbocycles. The lowest BCUT2D eigenvalue weighted by Gasteiger charge is -2.11. The average molecular weight is 313 g/mol. The Morgan fingerprint density at radius 3 is 3.00 bits per heavy atom. The van der Waals surface area contributed by atoms with Gasteiger partial charge in [0.1, 0.15) is 16.8 Å². The van der Waals surface area contributed by atoms with E-state index in [1.165, 1.54) is 11.8 Å². The topological polar surface area (TPSA) is 75.0 Å². The molecule has 0 unspecified atom stereocenters. The zero-order chi connectivity index (χ0) is 15.9. The van der Waals surface area contributed by atoms with E-state index < -0.39 is 0 Å². The number of amides is 1. The van der Waals surface area contributed by atoms with Crippen molar-refractivity contribution in [2.24, 2.45) is 0 Å². The highest BCUT2D eigenvalue weighted by Gasteiger charge is 2.10. The van der Waals surface area contributed by atoms with Crippen LogP contribution in [-0.2, 0) is 4.79 Å². The molecule has 0 atom stereocenters. The third kappa shape index (κ3) is 3.99. The number of nitrogens with one attached hydrogen (secondary N) is 1. The average Bonchev–Trinajstić information content (AvgIpc) is 2.53. The van der Waals surface area contributed by atoms with Crippen LogP contribution in [0.2, 0.25) is 0 Å². The lowest BCUT2D eigenvalue weighted by atomic mass is 10.2. The van der Waals surface area contributed by atoms with Gasteiger partial charge in [0.2, 0.25) is 5.91 Å². The van der Waals surface area contributed by atoms with Gasteiger partial charge >= 0.3 is 0 Å². The second kappa shape index (κ2) is 7.48. The van der Waals surface area contributed by atoms with E-state index in [9.17, 15) is 4.79 Å². The van der Waals surface area contributed by atoms with Crippen LogP contribution in [0.5, 0.6) is 5.75 Å². The van der Waals surface area contributed by atoms with Crippen LogP contribution in [0.1, 0.15) is 11.1 Å². The summed E-state index contributed by atoms with van der Waals surface area (Å²) >= 11 is 1.23. The normalized spacial score (nSPS) is 9.86. The highest BCUT2D eigenvalue weighted by molar-refractivity contribution is 8.00. The first-order chi connectivity index (χ1) is 10.6. The maximum absolute atomic E-state index is 12.1. The van der Waals surface area contributed by atoms with E-state index in [1.807, 2.05) is 25.1 Å². The SMILES string of the molecule is COc1ccc(C)cc1NC(=O)CSc1ncccc1C#N. The summed E-state index contributed by atoms with van der Waals surface area (Å²) < 4.78 is 5.22. The molecule has 1 amide bonds. The minimum Gasteiger partial charge on any atom is -0.495 e. The number of pyridine rings is 1. The maximum Gasteiger partial charge on any atom is 0.234 e. The number of methoxy groups -OCH3 is 1. The van der Waals surface area contributed by atoms with E-state index in [0.717, 1.165) is 5.56 Å². The number of carbonyl (C=O) groups excluding carboxylic acids is 1. The molecule has 1 heterocycles. The number of nitriles is 1. The number of anilines is 1. The Morgan fingerprint density at radius 1 is 1.45 bits per heavy atom. The Hall–Kier alpha value is -2.52. The molecule has 0 bridgehead atoms. The van der Waals surface area contributed by atoms with Gasteiger partial charge in [0.15, 0.2) is 0 Å². The Balaban J connectivity index is 2.02. The molecule has 0 spiro atoms. The van der Waals surface area contributed by atoms with E-state index in [4.69, 9.17) is 10.00 Å². The minimum absolute atomic E-state index is 0.169. The molecule has 0 radical (unpaired) electrons. The summed E-state index contributed by atoms with van der Waals surface area (Å²) in [5.41, 5.74) is 2.13. The molecule has 1 aromatic heterocycles. The van der Waals surface area contributed by atoms with Gasteiger partial charge in [-0.1, -0.05) is 17.8 Å². The van der Waals surface area contributed by atoms with E-state index in [0.29, 0.717) is 22.0 Å². The van der Waals surface area contributed by atoms with Crippen LogP contribution in [0.3, 0.4) is 0 Å². The molecule has 2 aromatic rings. The van der Waals surface area contributed by atoms with Crippen LogP contribution in [-0.4, -0.2) is 23.8 Å². The van der Waals surface area contributed by atoms with Crippen LogP contribution in [0.15, 0.2) is 41.6 Å². The molecule has 6 heteroatoms. The fourth-order valence-electron chi connectivity index (χ4n) is 1.83. The first-order valence-corrected chi connectivity index (χ1v) is 7.55. The van der Waals surface area contributed by atoms with Crippen LogP contribution in [0, 0.1) is 18.3 Å². The maximum atomic E-state index is 12.1. The van der Waals surface area contributed by atoms with Crippen molar-refractivity contribution in [1.29, 1.82) is 5.26 Å². The van der Waals surface area contributed by atoms with Crippen molar-refractivity contribution in [1.82, 2.24) is 4.98 Å². The Labute approximate surface area is 133 Å². The fourth-order valence-corrected chi connectivity index (χ4v) is 2.58. The van der Waals surface area contributed by atoms with Crippen molar-refractivity contribution in [3.63, 3.8) is 0 Å². The highest BCUT2D eigenvalue weighted by atomic mass is 32.2. The number of thioether (sulfide) groups is 1. The van der Waals surface area contributed by atoms with Gasteiger partial charge in [-0.25, -0.2) is 4.98 Å². The second-order valence-corrected chi connectivity index (χ2v) is 5.47. The first-order valence-electron chi connectivity index (χ1n) is 6.56. The summed E-state index contributed by atoms with van der Waals surface area (Å²) in [6.45, 7) is 1.94. The number of rotatable bonds is 5. The summed E-state index contributed by atoms with van der Waals surface area (Å²) in [7, 11) is 1.56. The molecule has 0 aliphatic heterocycles. The predicted octanol–water partition coefficient (Wildman–Crippen LogP) is 3.00. The monoisotopic (exact) mass is 313 g/mol. The molecule has 5 nitrogen and oxygen atoms in total. The number of benzene rings is 1. The molecule has 22 heavy (non-hydrogen) atoms. The Kier molecular flexibility index (Phi) is 5.39. The Bertz CT molecular complexity index is 726. The standard InChI is InChI=1S/C16H15N3O2S/c1-11-5-6-14(21-2)13(8-11)19-15(20)10-22-16-12(9-17)4-3-7-18-16/h3-8H,10H2,1-2H3,(H,19,20). The smallest absolute Gasteiger partial charge is 0.234 e. The quantitative estimate of drug-likeness (QED) is 0.859. The molecule has 1 aromatic carbocycles. The number of hydrogen-bond donors (Lipinski definition) is 1. The van der Waals surface area contributed by atoms with Crippen molar-refractivity contribution in [3.05, 3.63) is 47.7 Å². The van der Waals surface area contributed by atoms with Crippen molar-refractivity contribution in [2.45, 2.75) is 11.9 Å². The number of aryl methyl sites for hydroxylation is 1. The third-order valence-corrected chi connectivity index (χ3v) is 3.87. The highest BCUT2D eigenvalue weighted by Crippen LogP contribution is 2.26. The molecule has 0 saturated carbocycles. The zero-order valence-corrected chi connectivity index (χ0v) is 13.1. The van der Waals surface area contributed by atoms with Crippen LogP contribution in [0.25, 0.3) is 0 Å². The van der Waals surface area contributed by atoms with Crippen LogP contribution in [0.4, 0.5) is 5.69 Å². The van der Waals surface area contributed by atoms with Gasteiger partial charge in [-0.15, -0.1) is 0 Å². The van der Waals surface area contributed by atoms with E-state index in [1.54, 1.807) is 25.4 Å². The zero-order valence-electron chi connectivity index (χ0n) is 12.3. The van der Waals surface area contributed by atoms with Crippen molar-refractivity contribution in [3.8, 4) is 11.8 Å². The molecule has 0 aliphatic rings. The Morgan fingerprint density at radius 2 is 2.27 bits per heavy atom. The predicted molar refractivity (Wildman–Crippen MR) is 86.0 cm³/mol. The lowest BCUT2D eigenvalue weighted by Crippen LogP contribution is -2.15. The number of ether oxygens (including phenoxy) is 1. The van der Waals surface area contributed by atoms with Crippen molar-refractivity contribution >= 4 is 23.4 Å². The number of nitrogens with zero attached hydrogens (tertiary/aromatic N) is 2. The molecule has 0 saturated heterocycles. The van der Waals surface area contributed by atoms with E-state index >= 15 is 0 Å². The molecular weight excluding hydrogens is 298 g/mol. The van der Waals surface area contributed by atoms with Crippen LogP contribution < -0.4 is 10.1 Å². The van der Waals surface area contributed by atoms with Gasteiger partial charge in [-0.2, -0.15) is 5.26 Å². The summed E-state index contributed by atoms with van der Waals surface area (Å²) in [6, 6.07) is 11.0. The third-order valence-electron chi connectivity index (χ3n) is 2.86. The molecule has 0 fully saturated rings. The molecular formula is C16H15N3O2S. The second-order valence-electron chi connectivity index (χ2n) is 4.51. The number of hydrogen-bond acceptors (Lipinski definition) is 5. The van der Waals surface area contributed by atoms with Crippen LogP contribution >= 0.6 is 11.8 Å². The van der Waals surface area contributed by atoms with Crippen molar-refractivity contribution < 1.29 is 9.53 Å². The molecule has 1 N–H and O–H groups in total. The summed E-state index contributed by atoms with van der Waals surface area (Å²) in [5, 5.41) is 12.4. The van der Waals surface area contributed by atoms with Gasteiger partial charge in [0.25, 0.3) is 0 Å². The minimum atomic E-state index is -0.177. The summed E-state index contributed by atoms with van der Waals surface area (Å²) in [5.74, 6) is 0.603. The van der Waals surface area contributed by atoms with Gasteiger partial charge in [0, 0.05) is 6.20 Å².